The number of nitrogens with zero attached hydrogens (tertiary/aromatic N) is 1. The Bertz CT molecular complexity index is 404. The Morgan fingerprint density at radius 2 is 1.79 bits per heavy atom. The van der Waals surface area contributed by atoms with Gasteiger partial charge in [0, 0.05) is 16.7 Å². The summed E-state index contributed by atoms with van der Waals surface area (Å²) in [7, 11) is 0. The summed E-state index contributed by atoms with van der Waals surface area (Å²) in [5.74, 6) is 1.55. The van der Waals surface area contributed by atoms with Crippen molar-refractivity contribution in [1.82, 2.24) is 5.32 Å². The number of rotatable bonds is 7. The van der Waals surface area contributed by atoms with Gasteiger partial charge in [-0.3, -0.25) is 5.32 Å². The first-order valence-corrected chi connectivity index (χ1v) is 7.90. The standard InChI is InChI=1S/C16H24N2S/c1-12(2)14-5-7-16(8-6-14)19-10-9-15(11-17)18-13(3)4/h5-8,12-13,15,18H,9-10H2,1-4H3. The van der Waals surface area contributed by atoms with Gasteiger partial charge in [-0.2, -0.15) is 5.26 Å². The summed E-state index contributed by atoms with van der Waals surface area (Å²) >= 11 is 1.82. The first-order valence-electron chi connectivity index (χ1n) is 6.91. The summed E-state index contributed by atoms with van der Waals surface area (Å²) in [6.45, 7) is 8.55. The molecule has 0 heterocycles. The largest absolute Gasteiger partial charge is 0.300 e. The van der Waals surface area contributed by atoms with Gasteiger partial charge < -0.3 is 0 Å². The van der Waals surface area contributed by atoms with E-state index >= 15 is 0 Å². The van der Waals surface area contributed by atoms with Crippen LogP contribution >= 0.6 is 11.8 Å². The van der Waals surface area contributed by atoms with Gasteiger partial charge in [-0.05, 0) is 43.9 Å². The van der Waals surface area contributed by atoms with Crippen molar-refractivity contribution in [2.45, 2.75) is 57.0 Å². The Morgan fingerprint density at radius 1 is 1.16 bits per heavy atom. The number of nitriles is 1. The van der Waals surface area contributed by atoms with E-state index in [1.807, 2.05) is 11.8 Å². The Morgan fingerprint density at radius 3 is 2.26 bits per heavy atom. The lowest BCUT2D eigenvalue weighted by molar-refractivity contribution is 0.522. The summed E-state index contributed by atoms with van der Waals surface area (Å²) < 4.78 is 0. The lowest BCUT2D eigenvalue weighted by Crippen LogP contribution is -2.33. The van der Waals surface area contributed by atoms with Crippen molar-refractivity contribution in [1.29, 1.82) is 5.26 Å². The minimum atomic E-state index is -0.0394. The number of nitrogens with one attached hydrogen (secondary N) is 1. The van der Waals surface area contributed by atoms with E-state index in [-0.39, 0.29) is 6.04 Å². The Hall–Kier alpha value is -0.980. The van der Waals surface area contributed by atoms with Crippen LogP contribution in [0.25, 0.3) is 0 Å². The Balaban J connectivity index is 2.38. The van der Waals surface area contributed by atoms with E-state index in [1.165, 1.54) is 10.5 Å². The van der Waals surface area contributed by atoms with Crippen molar-refractivity contribution >= 4 is 11.8 Å². The molecule has 0 saturated heterocycles. The zero-order valence-electron chi connectivity index (χ0n) is 12.3. The van der Waals surface area contributed by atoms with Gasteiger partial charge in [-0.25, -0.2) is 0 Å². The van der Waals surface area contributed by atoms with Gasteiger partial charge in [-0.1, -0.05) is 26.0 Å². The summed E-state index contributed by atoms with van der Waals surface area (Å²) in [6, 6.07) is 11.4. The molecule has 1 N–H and O–H groups in total. The summed E-state index contributed by atoms with van der Waals surface area (Å²) in [4.78, 5) is 1.28. The van der Waals surface area contributed by atoms with Crippen LogP contribution in [0, 0.1) is 11.3 Å². The highest BCUT2D eigenvalue weighted by molar-refractivity contribution is 7.99. The molecule has 19 heavy (non-hydrogen) atoms. The van der Waals surface area contributed by atoms with Crippen molar-refractivity contribution in [2.24, 2.45) is 0 Å². The van der Waals surface area contributed by atoms with Crippen LogP contribution in [-0.4, -0.2) is 17.8 Å². The lowest BCUT2D eigenvalue weighted by Gasteiger charge is -2.14. The summed E-state index contributed by atoms with van der Waals surface area (Å²) in [6.07, 6.45) is 0.880. The highest BCUT2D eigenvalue weighted by atomic mass is 32.2. The number of thioether (sulfide) groups is 1. The molecule has 0 aromatic heterocycles. The van der Waals surface area contributed by atoms with Gasteiger partial charge in [0.2, 0.25) is 0 Å². The molecule has 1 atom stereocenters. The van der Waals surface area contributed by atoms with Crippen LogP contribution in [0.2, 0.25) is 0 Å². The normalized spacial score (nSPS) is 12.7. The molecular weight excluding hydrogens is 252 g/mol. The predicted molar refractivity (Wildman–Crippen MR) is 83.5 cm³/mol. The molecular formula is C16H24N2S. The monoisotopic (exact) mass is 276 g/mol. The van der Waals surface area contributed by atoms with E-state index in [9.17, 15) is 0 Å². The van der Waals surface area contributed by atoms with Crippen molar-refractivity contribution in [2.75, 3.05) is 5.75 Å². The third kappa shape index (κ3) is 6.13. The van der Waals surface area contributed by atoms with Crippen LogP contribution in [0.1, 0.15) is 45.6 Å². The first-order chi connectivity index (χ1) is 9.02. The van der Waals surface area contributed by atoms with Crippen molar-refractivity contribution < 1.29 is 0 Å². The third-order valence-corrected chi connectivity index (χ3v) is 3.96. The fourth-order valence-corrected chi connectivity index (χ4v) is 2.75. The molecule has 0 radical (unpaired) electrons. The second kappa shape index (κ2) is 8.24. The van der Waals surface area contributed by atoms with Gasteiger partial charge >= 0.3 is 0 Å². The molecule has 0 aliphatic carbocycles. The molecule has 1 rings (SSSR count). The highest BCUT2D eigenvalue weighted by Gasteiger charge is 2.08. The van der Waals surface area contributed by atoms with E-state index < -0.39 is 0 Å². The van der Waals surface area contributed by atoms with E-state index in [2.05, 4.69) is 63.3 Å². The summed E-state index contributed by atoms with van der Waals surface area (Å²) in [5, 5.41) is 12.3. The minimum absolute atomic E-state index is 0.0394. The zero-order chi connectivity index (χ0) is 14.3. The highest BCUT2D eigenvalue weighted by Crippen LogP contribution is 2.22. The second-order valence-electron chi connectivity index (χ2n) is 5.36. The topological polar surface area (TPSA) is 35.8 Å². The molecule has 0 bridgehead atoms. The average Bonchev–Trinajstić information content (AvgIpc) is 2.37. The average molecular weight is 276 g/mol. The van der Waals surface area contributed by atoms with Crippen LogP contribution in [0.5, 0.6) is 0 Å². The SMILES string of the molecule is CC(C)NC(C#N)CCSc1ccc(C(C)C)cc1. The zero-order valence-corrected chi connectivity index (χ0v) is 13.1. The van der Waals surface area contributed by atoms with Gasteiger partial charge in [0.05, 0.1) is 12.1 Å². The molecule has 1 aromatic carbocycles. The molecule has 104 valence electrons. The third-order valence-electron chi connectivity index (χ3n) is 2.91. The van der Waals surface area contributed by atoms with Crippen molar-refractivity contribution in [3.05, 3.63) is 29.8 Å². The van der Waals surface area contributed by atoms with Crippen molar-refractivity contribution in [3.8, 4) is 6.07 Å². The molecule has 0 aliphatic rings. The molecule has 1 unspecified atom stereocenters. The smallest absolute Gasteiger partial charge is 0.0962 e. The van der Waals surface area contributed by atoms with E-state index in [4.69, 9.17) is 5.26 Å². The molecule has 0 aliphatic heterocycles. The quantitative estimate of drug-likeness (QED) is 0.759. The maximum Gasteiger partial charge on any atom is 0.0962 e. The predicted octanol–water partition coefficient (Wildman–Crippen LogP) is 4.18. The second-order valence-corrected chi connectivity index (χ2v) is 6.53. The molecule has 0 saturated carbocycles. The Labute approximate surface area is 121 Å². The van der Waals surface area contributed by atoms with Crippen LogP contribution < -0.4 is 5.32 Å². The number of hydrogen-bond donors (Lipinski definition) is 1. The van der Waals surface area contributed by atoms with Gasteiger partial charge in [0.1, 0.15) is 0 Å². The van der Waals surface area contributed by atoms with Crippen molar-refractivity contribution in [3.63, 3.8) is 0 Å². The molecule has 0 amide bonds. The molecule has 0 fully saturated rings. The summed E-state index contributed by atoms with van der Waals surface area (Å²) in [5.41, 5.74) is 1.38. The fourth-order valence-electron chi connectivity index (χ4n) is 1.83. The van der Waals surface area contributed by atoms with Crippen LogP contribution in [0.15, 0.2) is 29.2 Å². The van der Waals surface area contributed by atoms with E-state index in [0.29, 0.717) is 12.0 Å². The van der Waals surface area contributed by atoms with Crippen LogP contribution in [-0.2, 0) is 0 Å². The minimum Gasteiger partial charge on any atom is -0.300 e. The molecule has 0 spiro atoms. The first kappa shape index (κ1) is 16.1. The maximum absolute atomic E-state index is 9.05. The lowest BCUT2D eigenvalue weighted by atomic mass is 10.0. The number of hydrogen-bond acceptors (Lipinski definition) is 3. The maximum atomic E-state index is 9.05. The van der Waals surface area contributed by atoms with Gasteiger partial charge in [-0.15, -0.1) is 11.8 Å². The molecule has 3 heteroatoms. The van der Waals surface area contributed by atoms with E-state index in [1.54, 1.807) is 0 Å². The Kier molecular flexibility index (Phi) is 6.97. The van der Waals surface area contributed by atoms with Gasteiger partial charge in [0.25, 0.3) is 0 Å². The fraction of sp³-hybridized carbons (Fsp3) is 0.562. The number of benzene rings is 1. The van der Waals surface area contributed by atoms with E-state index in [0.717, 1.165) is 12.2 Å². The van der Waals surface area contributed by atoms with Gasteiger partial charge in [0.15, 0.2) is 0 Å². The molecule has 2 nitrogen and oxygen atoms in total. The molecule has 1 aromatic rings. The van der Waals surface area contributed by atoms with Crippen LogP contribution in [0.3, 0.4) is 0 Å². The van der Waals surface area contributed by atoms with Crippen LogP contribution in [0.4, 0.5) is 0 Å².